The topological polar surface area (TPSA) is 77.4 Å². The van der Waals surface area contributed by atoms with Gasteiger partial charge in [0, 0.05) is 0 Å². The fourth-order valence-corrected chi connectivity index (χ4v) is 0.944. The third kappa shape index (κ3) is 4.85. The highest BCUT2D eigenvalue weighted by Crippen LogP contribution is 2.01. The van der Waals surface area contributed by atoms with Crippen molar-refractivity contribution in [2.75, 3.05) is 40.0 Å². The molecule has 0 saturated carbocycles. The van der Waals surface area contributed by atoms with Crippen molar-refractivity contribution in [1.82, 2.24) is 0 Å². The van der Waals surface area contributed by atoms with E-state index in [-0.39, 0.29) is 26.1 Å². The van der Waals surface area contributed by atoms with E-state index in [2.05, 4.69) is 0 Å². The molecule has 14 heavy (non-hydrogen) atoms. The zero-order valence-corrected chi connectivity index (χ0v) is 7.92. The first kappa shape index (κ1) is 11.8. The second kappa shape index (κ2) is 7.10. The SMILES string of the molecule is OCC(O)COCOC1COCOC1. The van der Waals surface area contributed by atoms with Gasteiger partial charge >= 0.3 is 0 Å². The van der Waals surface area contributed by atoms with Gasteiger partial charge in [-0.1, -0.05) is 0 Å². The molecule has 0 aromatic rings. The molecule has 1 aliphatic rings. The molecular formula is C8H16O6. The summed E-state index contributed by atoms with van der Waals surface area (Å²) < 4.78 is 20.1. The summed E-state index contributed by atoms with van der Waals surface area (Å²) in [5, 5.41) is 17.4. The normalized spacial score (nSPS) is 21.0. The van der Waals surface area contributed by atoms with E-state index in [1.54, 1.807) is 0 Å². The van der Waals surface area contributed by atoms with Crippen LogP contribution in [0.1, 0.15) is 0 Å². The van der Waals surface area contributed by atoms with Crippen LogP contribution in [-0.2, 0) is 18.9 Å². The zero-order chi connectivity index (χ0) is 10.2. The average molecular weight is 208 g/mol. The first-order valence-corrected chi connectivity index (χ1v) is 4.46. The quantitative estimate of drug-likeness (QED) is 0.417. The van der Waals surface area contributed by atoms with Crippen molar-refractivity contribution in [3.05, 3.63) is 0 Å². The Morgan fingerprint density at radius 2 is 2.07 bits per heavy atom. The van der Waals surface area contributed by atoms with Crippen LogP contribution in [0.2, 0.25) is 0 Å². The molecule has 1 saturated heterocycles. The summed E-state index contributed by atoms with van der Waals surface area (Å²) in [7, 11) is 0. The van der Waals surface area contributed by atoms with E-state index < -0.39 is 6.10 Å². The summed E-state index contributed by atoms with van der Waals surface area (Å²) in [5.41, 5.74) is 0. The number of aliphatic hydroxyl groups is 2. The standard InChI is InChI=1S/C8H16O6/c9-1-7(10)2-11-6-14-8-3-12-5-13-4-8/h7-10H,1-6H2. The van der Waals surface area contributed by atoms with Gasteiger partial charge < -0.3 is 29.2 Å². The summed E-state index contributed by atoms with van der Waals surface area (Å²) in [5.74, 6) is 0. The van der Waals surface area contributed by atoms with Crippen LogP contribution in [0.3, 0.4) is 0 Å². The highest BCUT2D eigenvalue weighted by molar-refractivity contribution is 4.56. The number of hydrogen-bond donors (Lipinski definition) is 2. The van der Waals surface area contributed by atoms with Gasteiger partial charge in [0.1, 0.15) is 25.8 Å². The Morgan fingerprint density at radius 1 is 1.36 bits per heavy atom. The smallest absolute Gasteiger partial charge is 0.147 e. The highest BCUT2D eigenvalue weighted by atomic mass is 16.7. The lowest BCUT2D eigenvalue weighted by molar-refractivity contribution is -0.198. The van der Waals surface area contributed by atoms with Crippen LogP contribution in [0, 0.1) is 0 Å². The molecule has 6 heteroatoms. The van der Waals surface area contributed by atoms with Gasteiger partial charge in [0.25, 0.3) is 0 Å². The molecule has 1 fully saturated rings. The lowest BCUT2D eigenvalue weighted by atomic mass is 10.4. The zero-order valence-electron chi connectivity index (χ0n) is 7.92. The van der Waals surface area contributed by atoms with Gasteiger partial charge in [0.05, 0.1) is 26.4 Å². The largest absolute Gasteiger partial charge is 0.394 e. The Kier molecular flexibility index (Phi) is 6.00. The molecule has 1 heterocycles. The first-order valence-electron chi connectivity index (χ1n) is 4.46. The van der Waals surface area contributed by atoms with Gasteiger partial charge in [-0.15, -0.1) is 0 Å². The molecule has 1 atom stereocenters. The molecule has 6 nitrogen and oxygen atoms in total. The van der Waals surface area contributed by atoms with E-state index in [1.165, 1.54) is 0 Å². The van der Waals surface area contributed by atoms with Crippen LogP contribution in [0.5, 0.6) is 0 Å². The molecule has 1 aliphatic heterocycles. The predicted octanol–water partition coefficient (Wildman–Crippen LogP) is -1.30. The van der Waals surface area contributed by atoms with Crippen molar-refractivity contribution in [2.45, 2.75) is 12.2 Å². The van der Waals surface area contributed by atoms with Crippen LogP contribution in [0.25, 0.3) is 0 Å². The van der Waals surface area contributed by atoms with Crippen molar-refractivity contribution in [3.63, 3.8) is 0 Å². The molecule has 0 amide bonds. The van der Waals surface area contributed by atoms with Crippen LogP contribution in [0.4, 0.5) is 0 Å². The Labute approximate surface area is 82.3 Å². The van der Waals surface area contributed by atoms with Crippen LogP contribution in [0.15, 0.2) is 0 Å². The second-order valence-corrected chi connectivity index (χ2v) is 2.97. The molecule has 0 radical (unpaired) electrons. The Morgan fingerprint density at radius 3 is 2.71 bits per heavy atom. The minimum Gasteiger partial charge on any atom is -0.394 e. The number of aliphatic hydroxyl groups excluding tert-OH is 2. The Hall–Kier alpha value is -0.240. The molecule has 1 rings (SSSR count). The summed E-state index contributed by atoms with van der Waals surface area (Å²) in [6.45, 7) is 1.11. The van der Waals surface area contributed by atoms with E-state index in [0.29, 0.717) is 20.0 Å². The number of rotatable bonds is 6. The minimum absolute atomic E-state index is 0.0605. The maximum atomic E-state index is 8.91. The lowest BCUT2D eigenvalue weighted by Gasteiger charge is -2.22. The maximum absolute atomic E-state index is 8.91. The van der Waals surface area contributed by atoms with Crippen LogP contribution < -0.4 is 0 Å². The molecule has 0 aliphatic carbocycles. The van der Waals surface area contributed by atoms with Crippen LogP contribution >= 0.6 is 0 Å². The first-order chi connectivity index (χ1) is 6.83. The molecular weight excluding hydrogens is 192 g/mol. The molecule has 0 aromatic heterocycles. The van der Waals surface area contributed by atoms with Crippen molar-refractivity contribution in [3.8, 4) is 0 Å². The fourth-order valence-electron chi connectivity index (χ4n) is 0.944. The molecule has 2 N–H and O–H groups in total. The highest BCUT2D eigenvalue weighted by Gasteiger charge is 2.14. The summed E-state index contributed by atoms with van der Waals surface area (Å²) in [4.78, 5) is 0. The predicted molar refractivity (Wildman–Crippen MR) is 45.6 cm³/mol. The minimum atomic E-state index is -0.850. The molecule has 0 spiro atoms. The molecule has 0 aromatic carbocycles. The average Bonchev–Trinajstić information content (AvgIpc) is 2.25. The van der Waals surface area contributed by atoms with Gasteiger partial charge in [-0.2, -0.15) is 0 Å². The van der Waals surface area contributed by atoms with E-state index in [4.69, 9.17) is 29.2 Å². The van der Waals surface area contributed by atoms with Gasteiger partial charge in [-0.3, -0.25) is 0 Å². The lowest BCUT2D eigenvalue weighted by Crippen LogP contribution is -2.32. The fraction of sp³-hybridized carbons (Fsp3) is 1.00. The van der Waals surface area contributed by atoms with Crippen molar-refractivity contribution >= 4 is 0 Å². The third-order valence-electron chi connectivity index (χ3n) is 1.68. The van der Waals surface area contributed by atoms with Gasteiger partial charge in [0.2, 0.25) is 0 Å². The monoisotopic (exact) mass is 208 g/mol. The summed E-state index contributed by atoms with van der Waals surface area (Å²) in [6, 6.07) is 0. The Bertz CT molecular complexity index is 136. The van der Waals surface area contributed by atoms with Gasteiger partial charge in [-0.05, 0) is 0 Å². The third-order valence-corrected chi connectivity index (χ3v) is 1.68. The van der Waals surface area contributed by atoms with Crippen molar-refractivity contribution in [1.29, 1.82) is 0 Å². The summed E-state index contributed by atoms with van der Waals surface area (Å²) >= 11 is 0. The van der Waals surface area contributed by atoms with Crippen LogP contribution in [-0.4, -0.2) is 62.4 Å². The Balaban J connectivity index is 1.92. The van der Waals surface area contributed by atoms with E-state index in [9.17, 15) is 0 Å². The number of hydrogen-bond acceptors (Lipinski definition) is 6. The van der Waals surface area contributed by atoms with Crippen molar-refractivity contribution < 1.29 is 29.2 Å². The maximum Gasteiger partial charge on any atom is 0.147 e. The van der Waals surface area contributed by atoms with E-state index in [0.717, 1.165) is 0 Å². The van der Waals surface area contributed by atoms with Gasteiger partial charge in [-0.25, -0.2) is 0 Å². The van der Waals surface area contributed by atoms with Gasteiger partial charge in [0.15, 0.2) is 0 Å². The van der Waals surface area contributed by atoms with Crippen molar-refractivity contribution in [2.24, 2.45) is 0 Å². The molecule has 84 valence electrons. The summed E-state index contributed by atoms with van der Waals surface area (Å²) in [6.07, 6.45) is -0.965. The van der Waals surface area contributed by atoms with E-state index >= 15 is 0 Å². The molecule has 0 bridgehead atoms. The number of ether oxygens (including phenoxy) is 4. The van der Waals surface area contributed by atoms with E-state index in [1.807, 2.05) is 0 Å². The molecule has 1 unspecified atom stereocenters. The second-order valence-electron chi connectivity index (χ2n) is 2.97.